The summed E-state index contributed by atoms with van der Waals surface area (Å²) < 4.78 is 2.04. The number of benzene rings is 2. The maximum absolute atomic E-state index is 11.2. The fourth-order valence-electron chi connectivity index (χ4n) is 5.69. The van der Waals surface area contributed by atoms with Gasteiger partial charge in [-0.2, -0.15) is 0 Å². The van der Waals surface area contributed by atoms with E-state index in [9.17, 15) is 10.1 Å². The fraction of sp³-hybridized carbons (Fsp3) is 0.267. The second-order valence-corrected chi connectivity index (χ2v) is 11.2. The molecule has 2 aromatic heterocycles. The van der Waals surface area contributed by atoms with Crippen LogP contribution >= 0.6 is 23.8 Å². The molecule has 0 saturated carbocycles. The van der Waals surface area contributed by atoms with Crippen molar-refractivity contribution in [3.8, 4) is 5.69 Å². The van der Waals surface area contributed by atoms with Crippen molar-refractivity contribution in [2.24, 2.45) is 5.92 Å². The van der Waals surface area contributed by atoms with Crippen LogP contribution in [-0.4, -0.2) is 32.7 Å². The number of rotatable bonds is 6. The SMILES string of the molecule is CC1CCN(c2ccc(N3C(=S)N[C@@H](c4ccccn4)[C@@H]3c3cccn3-c3ccc([N+](=O)[O-])cc3)cc2Cl)CC1. The Morgan fingerprint density at radius 3 is 2.45 bits per heavy atom. The van der Waals surface area contributed by atoms with Crippen molar-refractivity contribution in [3.05, 3.63) is 112 Å². The number of aromatic nitrogens is 2. The fourth-order valence-corrected chi connectivity index (χ4v) is 6.33. The minimum Gasteiger partial charge on any atom is -0.370 e. The summed E-state index contributed by atoms with van der Waals surface area (Å²) in [7, 11) is 0. The Morgan fingerprint density at radius 2 is 1.77 bits per heavy atom. The zero-order valence-electron chi connectivity index (χ0n) is 22.0. The average Bonchev–Trinajstić information content (AvgIpc) is 3.58. The number of nitro groups is 1. The number of halogens is 1. The zero-order valence-corrected chi connectivity index (χ0v) is 23.6. The third kappa shape index (κ3) is 4.91. The Morgan fingerprint density at radius 1 is 1.02 bits per heavy atom. The number of pyridine rings is 1. The van der Waals surface area contributed by atoms with E-state index in [1.54, 1.807) is 18.3 Å². The predicted molar refractivity (Wildman–Crippen MR) is 162 cm³/mol. The minimum atomic E-state index is -0.392. The lowest BCUT2D eigenvalue weighted by atomic mass is 9.98. The molecule has 6 rings (SSSR count). The van der Waals surface area contributed by atoms with Crippen molar-refractivity contribution in [1.29, 1.82) is 0 Å². The van der Waals surface area contributed by atoms with E-state index in [-0.39, 0.29) is 17.8 Å². The number of non-ortho nitro benzene ring substituents is 1. The van der Waals surface area contributed by atoms with Gasteiger partial charge in [-0.1, -0.05) is 24.6 Å². The second kappa shape index (κ2) is 10.9. The van der Waals surface area contributed by atoms with Crippen molar-refractivity contribution >= 4 is 46.0 Å². The van der Waals surface area contributed by atoms with Gasteiger partial charge in [0.15, 0.2) is 5.11 Å². The molecule has 2 fully saturated rings. The molecule has 10 heteroatoms. The summed E-state index contributed by atoms with van der Waals surface area (Å²) in [6.07, 6.45) is 6.05. The van der Waals surface area contributed by atoms with Gasteiger partial charge in [-0.15, -0.1) is 0 Å². The van der Waals surface area contributed by atoms with Gasteiger partial charge in [-0.25, -0.2) is 0 Å². The molecule has 0 bridgehead atoms. The molecule has 4 heterocycles. The van der Waals surface area contributed by atoms with Crippen LogP contribution in [0.5, 0.6) is 0 Å². The molecule has 0 unspecified atom stereocenters. The summed E-state index contributed by atoms with van der Waals surface area (Å²) in [5.74, 6) is 0.735. The Labute approximate surface area is 243 Å². The van der Waals surface area contributed by atoms with Gasteiger partial charge < -0.3 is 19.7 Å². The van der Waals surface area contributed by atoms with E-state index in [1.807, 2.05) is 41.1 Å². The molecular weight excluding hydrogens is 544 g/mol. The molecule has 204 valence electrons. The lowest BCUT2D eigenvalue weighted by Gasteiger charge is -2.33. The molecule has 0 spiro atoms. The maximum Gasteiger partial charge on any atom is 0.269 e. The number of nitro benzene ring substituents is 1. The Balaban J connectivity index is 1.41. The van der Waals surface area contributed by atoms with E-state index in [0.29, 0.717) is 10.1 Å². The molecule has 2 aliphatic rings. The highest BCUT2D eigenvalue weighted by molar-refractivity contribution is 7.80. The minimum absolute atomic E-state index is 0.0482. The van der Waals surface area contributed by atoms with Crippen LogP contribution in [-0.2, 0) is 0 Å². The van der Waals surface area contributed by atoms with Crippen LogP contribution in [0.3, 0.4) is 0 Å². The summed E-state index contributed by atoms with van der Waals surface area (Å²) in [6.45, 7) is 4.29. The van der Waals surface area contributed by atoms with E-state index < -0.39 is 4.92 Å². The van der Waals surface area contributed by atoms with Crippen LogP contribution in [0.1, 0.15) is 43.2 Å². The van der Waals surface area contributed by atoms with Gasteiger partial charge in [0.05, 0.1) is 27.4 Å². The largest absolute Gasteiger partial charge is 0.370 e. The highest BCUT2D eigenvalue weighted by Crippen LogP contribution is 2.44. The quantitative estimate of drug-likeness (QED) is 0.154. The van der Waals surface area contributed by atoms with Gasteiger partial charge in [0.1, 0.15) is 6.04 Å². The van der Waals surface area contributed by atoms with Crippen molar-refractivity contribution in [2.75, 3.05) is 22.9 Å². The van der Waals surface area contributed by atoms with Gasteiger partial charge in [0.2, 0.25) is 0 Å². The average molecular weight is 573 g/mol. The molecule has 2 saturated heterocycles. The number of piperidine rings is 1. The molecule has 0 radical (unpaired) electrons. The normalized spacial score (nSPS) is 19.6. The lowest BCUT2D eigenvalue weighted by Crippen LogP contribution is -2.33. The maximum atomic E-state index is 11.2. The van der Waals surface area contributed by atoms with Crippen LogP contribution < -0.4 is 15.1 Å². The summed E-state index contributed by atoms with van der Waals surface area (Å²) in [5, 5.41) is 16.0. The number of nitrogens with zero attached hydrogens (tertiary/aromatic N) is 5. The van der Waals surface area contributed by atoms with Crippen molar-refractivity contribution in [2.45, 2.75) is 31.8 Å². The van der Waals surface area contributed by atoms with Crippen LogP contribution in [0.2, 0.25) is 5.02 Å². The van der Waals surface area contributed by atoms with Gasteiger partial charge >= 0.3 is 0 Å². The van der Waals surface area contributed by atoms with Gasteiger partial charge in [0, 0.05) is 54.7 Å². The van der Waals surface area contributed by atoms with Crippen LogP contribution in [0.25, 0.3) is 5.69 Å². The standard InChI is InChI=1S/C30H29ClN6O2S/c1-20-13-17-34(18-14-20)26-12-11-23(19-24(26)31)36-29(28(33-30(36)40)25-5-2-3-15-32-25)27-6-4-16-35(27)21-7-9-22(10-8-21)37(38)39/h2-12,15-16,19-20,28-29H,13-14,17-18H2,1H3,(H,33,40)/t28-,29-/m0/s1. The van der Waals surface area contributed by atoms with Crippen molar-refractivity contribution in [1.82, 2.24) is 14.9 Å². The molecule has 2 aromatic carbocycles. The monoisotopic (exact) mass is 572 g/mol. The number of nitrogens with one attached hydrogen (secondary N) is 1. The molecule has 4 aromatic rings. The summed E-state index contributed by atoms with van der Waals surface area (Å²) >= 11 is 12.8. The molecular formula is C30H29ClN6O2S. The molecule has 1 N–H and O–H groups in total. The highest BCUT2D eigenvalue weighted by atomic mass is 35.5. The number of hydrogen-bond donors (Lipinski definition) is 1. The van der Waals surface area contributed by atoms with E-state index in [4.69, 9.17) is 23.8 Å². The molecule has 0 amide bonds. The van der Waals surface area contributed by atoms with Gasteiger partial charge in [-0.05, 0) is 85.6 Å². The first-order valence-corrected chi connectivity index (χ1v) is 14.2. The van der Waals surface area contributed by atoms with Gasteiger partial charge in [0.25, 0.3) is 5.69 Å². The second-order valence-electron chi connectivity index (χ2n) is 10.4. The first-order valence-electron chi connectivity index (χ1n) is 13.4. The van der Waals surface area contributed by atoms with E-state index in [1.165, 1.54) is 12.1 Å². The highest BCUT2D eigenvalue weighted by Gasteiger charge is 2.42. The summed E-state index contributed by atoms with van der Waals surface area (Å²) in [4.78, 5) is 19.9. The smallest absolute Gasteiger partial charge is 0.269 e. The van der Waals surface area contributed by atoms with Crippen molar-refractivity contribution in [3.63, 3.8) is 0 Å². The Hall–Kier alpha value is -3.95. The number of anilines is 2. The zero-order chi connectivity index (χ0) is 27.8. The molecule has 40 heavy (non-hydrogen) atoms. The third-order valence-corrected chi connectivity index (χ3v) is 8.47. The first kappa shape index (κ1) is 26.3. The van der Waals surface area contributed by atoms with Crippen LogP contribution in [0, 0.1) is 16.0 Å². The molecule has 2 atom stereocenters. The molecule has 8 nitrogen and oxygen atoms in total. The van der Waals surface area contributed by atoms with E-state index in [0.717, 1.165) is 60.3 Å². The number of thiocarbonyl (C=S) groups is 1. The van der Waals surface area contributed by atoms with Crippen LogP contribution in [0.4, 0.5) is 17.1 Å². The Kier molecular flexibility index (Phi) is 7.16. The lowest BCUT2D eigenvalue weighted by molar-refractivity contribution is -0.384. The summed E-state index contributed by atoms with van der Waals surface area (Å²) in [6, 6.07) is 22.1. The van der Waals surface area contributed by atoms with Crippen molar-refractivity contribution < 1.29 is 4.92 Å². The summed E-state index contributed by atoms with van der Waals surface area (Å²) in [5.41, 5.74) is 4.61. The van der Waals surface area contributed by atoms with E-state index in [2.05, 4.69) is 45.2 Å². The molecule has 2 aliphatic heterocycles. The van der Waals surface area contributed by atoms with Gasteiger partial charge in [-0.3, -0.25) is 15.1 Å². The topological polar surface area (TPSA) is 79.5 Å². The third-order valence-electron chi connectivity index (χ3n) is 7.85. The predicted octanol–water partition coefficient (Wildman–Crippen LogP) is 6.85. The Bertz CT molecular complexity index is 1540. The van der Waals surface area contributed by atoms with E-state index >= 15 is 0 Å². The number of hydrogen-bond acceptors (Lipinski definition) is 5. The first-order chi connectivity index (χ1) is 19.4. The molecule has 0 aliphatic carbocycles. The van der Waals surface area contributed by atoms with Crippen LogP contribution in [0.15, 0.2) is 85.2 Å².